The number of piperidine rings is 1. The van der Waals surface area contributed by atoms with Crippen molar-refractivity contribution in [3.05, 3.63) is 29.8 Å². The summed E-state index contributed by atoms with van der Waals surface area (Å²) in [5.74, 6) is 1.11. The van der Waals surface area contributed by atoms with Crippen LogP contribution in [0.3, 0.4) is 0 Å². The number of hydrogen-bond donors (Lipinski definition) is 1. The van der Waals surface area contributed by atoms with Crippen molar-refractivity contribution in [3.63, 3.8) is 0 Å². The molecule has 4 heteroatoms. The van der Waals surface area contributed by atoms with Gasteiger partial charge in [-0.15, -0.1) is 0 Å². The van der Waals surface area contributed by atoms with Gasteiger partial charge in [0, 0.05) is 24.7 Å². The number of amides is 1. The second-order valence-electron chi connectivity index (χ2n) is 5.64. The molecule has 1 aromatic carbocycles. The summed E-state index contributed by atoms with van der Waals surface area (Å²) in [6.07, 6.45) is 3.03. The van der Waals surface area contributed by atoms with Crippen molar-refractivity contribution in [3.8, 4) is 5.75 Å². The Labute approximate surface area is 120 Å². The molecular weight excluding hydrogens is 252 g/mol. The molecule has 20 heavy (non-hydrogen) atoms. The Hall–Kier alpha value is -1.55. The molecule has 0 spiro atoms. The third-order valence-electron chi connectivity index (χ3n) is 4.40. The van der Waals surface area contributed by atoms with Crippen molar-refractivity contribution in [1.82, 2.24) is 10.2 Å². The Kier molecular flexibility index (Phi) is 3.92. The maximum atomic E-state index is 12.8. The number of carbonyl (C=O) groups is 1. The molecule has 2 unspecified atom stereocenters. The van der Waals surface area contributed by atoms with Gasteiger partial charge in [-0.2, -0.15) is 0 Å². The summed E-state index contributed by atoms with van der Waals surface area (Å²) in [6.45, 7) is 2.35. The van der Waals surface area contributed by atoms with E-state index in [1.807, 2.05) is 36.2 Å². The Balaban J connectivity index is 1.78. The van der Waals surface area contributed by atoms with Crippen molar-refractivity contribution >= 4 is 5.91 Å². The van der Waals surface area contributed by atoms with Crippen LogP contribution in [0.25, 0.3) is 0 Å². The highest BCUT2D eigenvalue weighted by Crippen LogP contribution is 2.35. The van der Waals surface area contributed by atoms with Crippen LogP contribution in [-0.2, 0) is 4.79 Å². The van der Waals surface area contributed by atoms with Crippen LogP contribution in [0.5, 0.6) is 5.75 Å². The molecule has 1 amide bonds. The van der Waals surface area contributed by atoms with E-state index in [4.69, 9.17) is 4.74 Å². The van der Waals surface area contributed by atoms with E-state index in [0.29, 0.717) is 12.6 Å². The van der Waals surface area contributed by atoms with Crippen LogP contribution in [0.2, 0.25) is 0 Å². The van der Waals surface area contributed by atoms with Gasteiger partial charge in [-0.1, -0.05) is 18.2 Å². The zero-order valence-corrected chi connectivity index (χ0v) is 12.0. The fourth-order valence-electron chi connectivity index (χ4n) is 3.23. The van der Waals surface area contributed by atoms with Crippen LogP contribution >= 0.6 is 0 Å². The first-order valence-corrected chi connectivity index (χ1v) is 7.47. The van der Waals surface area contributed by atoms with E-state index in [-0.39, 0.29) is 11.8 Å². The lowest BCUT2D eigenvalue weighted by Crippen LogP contribution is -2.48. The van der Waals surface area contributed by atoms with Crippen LogP contribution in [0.1, 0.15) is 30.7 Å². The molecule has 2 aliphatic heterocycles. The van der Waals surface area contributed by atoms with E-state index in [1.54, 1.807) is 0 Å². The number of para-hydroxylation sites is 1. The molecule has 1 saturated heterocycles. The summed E-state index contributed by atoms with van der Waals surface area (Å²) in [7, 11) is 1.97. The molecule has 2 atom stereocenters. The van der Waals surface area contributed by atoms with Crippen molar-refractivity contribution < 1.29 is 9.53 Å². The summed E-state index contributed by atoms with van der Waals surface area (Å²) < 4.78 is 5.65. The molecule has 1 aromatic rings. The smallest absolute Gasteiger partial charge is 0.230 e. The fraction of sp³-hybridized carbons (Fsp3) is 0.562. The van der Waals surface area contributed by atoms with Gasteiger partial charge in [0.05, 0.1) is 12.5 Å². The first-order valence-electron chi connectivity index (χ1n) is 7.47. The first-order chi connectivity index (χ1) is 9.79. The highest BCUT2D eigenvalue weighted by molar-refractivity contribution is 5.85. The topological polar surface area (TPSA) is 41.6 Å². The Morgan fingerprint density at radius 3 is 3.05 bits per heavy atom. The zero-order chi connectivity index (χ0) is 13.9. The van der Waals surface area contributed by atoms with Crippen LogP contribution < -0.4 is 10.1 Å². The molecular formula is C16H22N2O2. The molecule has 1 fully saturated rings. The van der Waals surface area contributed by atoms with Gasteiger partial charge in [-0.05, 0) is 32.4 Å². The van der Waals surface area contributed by atoms with Gasteiger partial charge in [0.15, 0.2) is 0 Å². The second kappa shape index (κ2) is 5.83. The maximum Gasteiger partial charge on any atom is 0.230 e. The minimum atomic E-state index is -0.0319. The van der Waals surface area contributed by atoms with Gasteiger partial charge in [0.2, 0.25) is 5.91 Å². The predicted octanol–water partition coefficient (Wildman–Crippen LogP) is 1.76. The van der Waals surface area contributed by atoms with Gasteiger partial charge in [-0.25, -0.2) is 0 Å². The van der Waals surface area contributed by atoms with E-state index < -0.39 is 0 Å². The SMILES string of the molecule is CNC1CCCN(C(=O)C2CCOc3ccccc32)C1. The minimum absolute atomic E-state index is 0.0319. The molecule has 0 bridgehead atoms. The molecule has 3 rings (SSSR count). The van der Waals surface area contributed by atoms with Crippen LogP contribution in [0.15, 0.2) is 24.3 Å². The number of ether oxygens (including phenoxy) is 1. The average Bonchev–Trinajstić information content (AvgIpc) is 2.53. The number of likely N-dealkylation sites (N-methyl/N-ethyl adjacent to an activating group) is 1. The zero-order valence-electron chi connectivity index (χ0n) is 12.0. The van der Waals surface area contributed by atoms with Crippen molar-refractivity contribution in [2.75, 3.05) is 26.7 Å². The van der Waals surface area contributed by atoms with Crippen molar-refractivity contribution in [1.29, 1.82) is 0 Å². The number of fused-ring (bicyclic) bond motifs is 1. The van der Waals surface area contributed by atoms with Crippen LogP contribution in [-0.4, -0.2) is 43.6 Å². The van der Waals surface area contributed by atoms with Gasteiger partial charge < -0.3 is 15.0 Å². The number of nitrogens with one attached hydrogen (secondary N) is 1. The molecule has 0 aromatic heterocycles. The largest absolute Gasteiger partial charge is 0.493 e. The third-order valence-corrected chi connectivity index (χ3v) is 4.40. The Morgan fingerprint density at radius 1 is 1.35 bits per heavy atom. The summed E-state index contributed by atoms with van der Waals surface area (Å²) in [5.41, 5.74) is 1.05. The average molecular weight is 274 g/mol. The lowest BCUT2D eigenvalue weighted by Gasteiger charge is -2.36. The first kappa shape index (κ1) is 13.4. The monoisotopic (exact) mass is 274 g/mol. The van der Waals surface area contributed by atoms with Gasteiger partial charge in [0.25, 0.3) is 0 Å². The maximum absolute atomic E-state index is 12.8. The summed E-state index contributed by atoms with van der Waals surface area (Å²) in [4.78, 5) is 14.8. The van der Waals surface area contributed by atoms with Gasteiger partial charge in [0.1, 0.15) is 5.75 Å². The lowest BCUT2D eigenvalue weighted by molar-refractivity contribution is -0.134. The molecule has 0 radical (unpaired) electrons. The molecule has 2 aliphatic rings. The normalized spacial score (nSPS) is 25.8. The minimum Gasteiger partial charge on any atom is -0.493 e. The number of likely N-dealkylation sites (tertiary alicyclic amines) is 1. The molecule has 4 nitrogen and oxygen atoms in total. The number of hydrogen-bond acceptors (Lipinski definition) is 3. The standard InChI is InChI=1S/C16H22N2O2/c1-17-12-5-4-9-18(11-12)16(19)14-8-10-20-15-7-3-2-6-13(14)15/h2-3,6-7,12,14,17H,4-5,8-11H2,1H3. The molecule has 0 saturated carbocycles. The quantitative estimate of drug-likeness (QED) is 0.893. The summed E-state index contributed by atoms with van der Waals surface area (Å²) >= 11 is 0. The lowest BCUT2D eigenvalue weighted by atomic mass is 9.91. The number of nitrogens with zero attached hydrogens (tertiary/aromatic N) is 1. The van der Waals surface area contributed by atoms with E-state index >= 15 is 0 Å². The highest BCUT2D eigenvalue weighted by atomic mass is 16.5. The molecule has 0 aliphatic carbocycles. The number of carbonyl (C=O) groups excluding carboxylic acids is 1. The molecule has 108 valence electrons. The highest BCUT2D eigenvalue weighted by Gasteiger charge is 2.32. The summed E-state index contributed by atoms with van der Waals surface area (Å²) in [5, 5.41) is 3.29. The van der Waals surface area contributed by atoms with E-state index in [2.05, 4.69) is 5.32 Å². The van der Waals surface area contributed by atoms with E-state index in [9.17, 15) is 4.79 Å². The van der Waals surface area contributed by atoms with Crippen molar-refractivity contribution in [2.45, 2.75) is 31.2 Å². The third kappa shape index (κ3) is 2.52. The van der Waals surface area contributed by atoms with E-state index in [1.165, 1.54) is 0 Å². The molecule has 1 N–H and O–H groups in total. The number of rotatable bonds is 2. The fourth-order valence-corrected chi connectivity index (χ4v) is 3.23. The second-order valence-corrected chi connectivity index (χ2v) is 5.64. The Bertz CT molecular complexity index is 489. The predicted molar refractivity (Wildman–Crippen MR) is 78.0 cm³/mol. The molecule has 2 heterocycles. The van der Waals surface area contributed by atoms with Crippen molar-refractivity contribution in [2.24, 2.45) is 0 Å². The van der Waals surface area contributed by atoms with Gasteiger partial charge in [-0.3, -0.25) is 4.79 Å². The van der Waals surface area contributed by atoms with Crippen LogP contribution in [0.4, 0.5) is 0 Å². The van der Waals surface area contributed by atoms with E-state index in [0.717, 1.165) is 43.7 Å². The number of benzene rings is 1. The Morgan fingerprint density at radius 2 is 2.20 bits per heavy atom. The summed E-state index contributed by atoms with van der Waals surface area (Å²) in [6, 6.07) is 8.37. The van der Waals surface area contributed by atoms with Crippen LogP contribution in [0, 0.1) is 0 Å². The van der Waals surface area contributed by atoms with Gasteiger partial charge >= 0.3 is 0 Å².